The predicted molar refractivity (Wildman–Crippen MR) is 54.4 cm³/mol. The molecule has 0 bridgehead atoms. The van der Waals surface area contributed by atoms with Crippen LogP contribution >= 0.6 is 15.9 Å². The fraction of sp³-hybridized carbons (Fsp3) is 0.100. The second kappa shape index (κ2) is 3.61. The molecule has 1 heterocycles. The van der Waals surface area contributed by atoms with Crippen LogP contribution < -0.4 is 0 Å². The van der Waals surface area contributed by atoms with Crippen molar-refractivity contribution in [2.45, 2.75) is 6.43 Å². The molecule has 0 aliphatic heterocycles. The summed E-state index contributed by atoms with van der Waals surface area (Å²) in [4.78, 5) is 3.88. The van der Waals surface area contributed by atoms with Crippen LogP contribution in [0.3, 0.4) is 0 Å². The van der Waals surface area contributed by atoms with Gasteiger partial charge in [-0.05, 0) is 28.1 Å². The highest BCUT2D eigenvalue weighted by atomic mass is 79.9. The first kappa shape index (κ1) is 9.52. The molecule has 72 valence electrons. The Hall–Kier alpha value is -1.03. The first-order valence-corrected chi connectivity index (χ1v) is 4.81. The van der Waals surface area contributed by atoms with Crippen LogP contribution in [0.25, 0.3) is 10.9 Å². The van der Waals surface area contributed by atoms with E-state index in [-0.39, 0.29) is 5.69 Å². The van der Waals surface area contributed by atoms with Gasteiger partial charge in [0.15, 0.2) is 0 Å². The SMILES string of the molecule is FC(F)c1ccc2cccc(Br)c2n1. The molecule has 2 aromatic rings. The third-order valence-corrected chi connectivity index (χ3v) is 2.56. The lowest BCUT2D eigenvalue weighted by Crippen LogP contribution is -1.90. The molecule has 0 radical (unpaired) electrons. The van der Waals surface area contributed by atoms with Crippen molar-refractivity contribution in [2.75, 3.05) is 0 Å². The maximum atomic E-state index is 12.3. The molecule has 1 aromatic heterocycles. The smallest absolute Gasteiger partial charge is 0.246 e. The van der Waals surface area contributed by atoms with E-state index >= 15 is 0 Å². The van der Waals surface area contributed by atoms with Gasteiger partial charge >= 0.3 is 0 Å². The summed E-state index contributed by atoms with van der Waals surface area (Å²) in [6.45, 7) is 0. The standard InChI is InChI=1S/C10H6BrF2N/c11-7-3-1-2-6-4-5-8(10(12)13)14-9(6)7/h1-5,10H. The Balaban J connectivity index is 2.70. The second-order valence-corrected chi connectivity index (χ2v) is 3.70. The van der Waals surface area contributed by atoms with Crippen LogP contribution in [-0.2, 0) is 0 Å². The fourth-order valence-electron chi connectivity index (χ4n) is 1.25. The Labute approximate surface area is 87.9 Å². The summed E-state index contributed by atoms with van der Waals surface area (Å²) >= 11 is 3.27. The Bertz CT molecular complexity index is 471. The van der Waals surface area contributed by atoms with E-state index in [1.165, 1.54) is 6.07 Å². The quantitative estimate of drug-likeness (QED) is 0.755. The molecule has 1 aromatic carbocycles. The largest absolute Gasteiger partial charge is 0.280 e. The van der Waals surface area contributed by atoms with E-state index in [0.29, 0.717) is 5.52 Å². The number of fused-ring (bicyclic) bond motifs is 1. The van der Waals surface area contributed by atoms with E-state index in [2.05, 4.69) is 20.9 Å². The van der Waals surface area contributed by atoms with Crippen molar-refractivity contribution >= 4 is 26.8 Å². The number of para-hydroxylation sites is 1. The van der Waals surface area contributed by atoms with Crippen molar-refractivity contribution in [3.8, 4) is 0 Å². The molecule has 2 rings (SSSR count). The van der Waals surface area contributed by atoms with Crippen molar-refractivity contribution in [1.82, 2.24) is 4.98 Å². The van der Waals surface area contributed by atoms with Crippen LogP contribution in [0.2, 0.25) is 0 Å². The number of nitrogens with zero attached hydrogens (tertiary/aromatic N) is 1. The Morgan fingerprint density at radius 3 is 2.64 bits per heavy atom. The number of aromatic nitrogens is 1. The summed E-state index contributed by atoms with van der Waals surface area (Å²) in [7, 11) is 0. The summed E-state index contributed by atoms with van der Waals surface area (Å²) in [5.41, 5.74) is 0.384. The van der Waals surface area contributed by atoms with Crippen LogP contribution in [0, 0.1) is 0 Å². The van der Waals surface area contributed by atoms with Gasteiger partial charge in [0.1, 0.15) is 5.69 Å². The van der Waals surface area contributed by atoms with Gasteiger partial charge in [-0.1, -0.05) is 18.2 Å². The number of pyridine rings is 1. The van der Waals surface area contributed by atoms with Gasteiger partial charge in [0.25, 0.3) is 6.43 Å². The lowest BCUT2D eigenvalue weighted by Gasteiger charge is -2.02. The number of benzene rings is 1. The van der Waals surface area contributed by atoms with Gasteiger partial charge in [0, 0.05) is 9.86 Å². The minimum absolute atomic E-state index is 0.190. The monoisotopic (exact) mass is 257 g/mol. The molecule has 0 atom stereocenters. The lowest BCUT2D eigenvalue weighted by atomic mass is 10.2. The Kier molecular flexibility index (Phi) is 2.46. The molecule has 0 amide bonds. The molecule has 0 saturated carbocycles. The summed E-state index contributed by atoms with van der Waals surface area (Å²) in [5.74, 6) is 0. The normalized spacial score (nSPS) is 11.1. The van der Waals surface area contributed by atoms with Gasteiger partial charge in [-0.15, -0.1) is 0 Å². The highest BCUT2D eigenvalue weighted by Gasteiger charge is 2.09. The zero-order valence-electron chi connectivity index (χ0n) is 7.05. The Morgan fingerprint density at radius 2 is 1.93 bits per heavy atom. The molecule has 0 aliphatic rings. The molecule has 0 aliphatic carbocycles. The molecule has 1 nitrogen and oxygen atoms in total. The predicted octanol–water partition coefficient (Wildman–Crippen LogP) is 3.93. The molecule has 0 unspecified atom stereocenters. The van der Waals surface area contributed by atoms with Gasteiger partial charge < -0.3 is 0 Å². The molecular weight excluding hydrogens is 252 g/mol. The van der Waals surface area contributed by atoms with Gasteiger partial charge in [0.05, 0.1) is 5.52 Å². The molecule has 4 heteroatoms. The van der Waals surface area contributed by atoms with Crippen molar-refractivity contribution in [1.29, 1.82) is 0 Å². The molecule has 0 N–H and O–H groups in total. The number of hydrogen-bond donors (Lipinski definition) is 0. The third kappa shape index (κ3) is 1.62. The maximum absolute atomic E-state index is 12.3. The van der Waals surface area contributed by atoms with Crippen LogP contribution in [0.1, 0.15) is 12.1 Å². The average molecular weight is 258 g/mol. The molecule has 0 saturated heterocycles. The van der Waals surface area contributed by atoms with Gasteiger partial charge in [-0.3, -0.25) is 0 Å². The number of alkyl halides is 2. The van der Waals surface area contributed by atoms with Crippen molar-refractivity contribution in [3.05, 3.63) is 40.5 Å². The first-order valence-electron chi connectivity index (χ1n) is 4.02. The van der Waals surface area contributed by atoms with Gasteiger partial charge in [0.2, 0.25) is 0 Å². The van der Waals surface area contributed by atoms with Crippen LogP contribution in [0.5, 0.6) is 0 Å². The van der Waals surface area contributed by atoms with E-state index in [1.807, 2.05) is 12.1 Å². The summed E-state index contributed by atoms with van der Waals surface area (Å²) in [5, 5.41) is 0.851. The highest BCUT2D eigenvalue weighted by molar-refractivity contribution is 9.10. The van der Waals surface area contributed by atoms with E-state index in [1.54, 1.807) is 12.1 Å². The molecule has 14 heavy (non-hydrogen) atoms. The third-order valence-electron chi connectivity index (χ3n) is 1.92. The lowest BCUT2D eigenvalue weighted by molar-refractivity contribution is 0.146. The molecule has 0 spiro atoms. The van der Waals surface area contributed by atoms with E-state index in [4.69, 9.17) is 0 Å². The molecule has 0 fully saturated rings. The fourth-order valence-corrected chi connectivity index (χ4v) is 1.72. The van der Waals surface area contributed by atoms with Crippen LogP contribution in [0.15, 0.2) is 34.8 Å². The minimum Gasteiger partial charge on any atom is -0.246 e. The summed E-state index contributed by atoms with van der Waals surface area (Å²) in [6.07, 6.45) is -2.52. The Morgan fingerprint density at radius 1 is 1.14 bits per heavy atom. The molecular formula is C10H6BrF2N. The average Bonchev–Trinajstić information content (AvgIpc) is 2.18. The summed E-state index contributed by atoms with van der Waals surface area (Å²) < 4.78 is 25.4. The van der Waals surface area contributed by atoms with Crippen LogP contribution in [0.4, 0.5) is 8.78 Å². The van der Waals surface area contributed by atoms with Gasteiger partial charge in [-0.2, -0.15) is 0 Å². The number of halogens is 3. The van der Waals surface area contributed by atoms with E-state index in [0.717, 1.165) is 9.86 Å². The zero-order chi connectivity index (χ0) is 10.1. The van der Waals surface area contributed by atoms with Gasteiger partial charge in [-0.25, -0.2) is 13.8 Å². The highest BCUT2D eigenvalue weighted by Crippen LogP contribution is 2.25. The van der Waals surface area contributed by atoms with E-state index in [9.17, 15) is 8.78 Å². The minimum atomic E-state index is -2.52. The second-order valence-electron chi connectivity index (χ2n) is 2.85. The van der Waals surface area contributed by atoms with E-state index < -0.39 is 6.43 Å². The first-order chi connectivity index (χ1) is 6.68. The summed E-state index contributed by atoms with van der Waals surface area (Å²) in [6, 6.07) is 8.46. The van der Waals surface area contributed by atoms with Crippen molar-refractivity contribution < 1.29 is 8.78 Å². The van der Waals surface area contributed by atoms with Crippen LogP contribution in [-0.4, -0.2) is 4.98 Å². The maximum Gasteiger partial charge on any atom is 0.280 e. The zero-order valence-corrected chi connectivity index (χ0v) is 8.63. The number of hydrogen-bond acceptors (Lipinski definition) is 1. The number of rotatable bonds is 1. The van der Waals surface area contributed by atoms with Crippen molar-refractivity contribution in [3.63, 3.8) is 0 Å². The van der Waals surface area contributed by atoms with Crippen molar-refractivity contribution in [2.24, 2.45) is 0 Å². The topological polar surface area (TPSA) is 12.9 Å².